The lowest BCUT2D eigenvalue weighted by Crippen LogP contribution is -2.60. The summed E-state index contributed by atoms with van der Waals surface area (Å²) in [5, 5.41) is 24.9. The fourth-order valence-corrected chi connectivity index (χ4v) is 3.49. The van der Waals surface area contributed by atoms with E-state index in [-0.39, 0.29) is 31.2 Å². The van der Waals surface area contributed by atoms with Gasteiger partial charge in [0.15, 0.2) is 0 Å². The van der Waals surface area contributed by atoms with Crippen molar-refractivity contribution in [2.45, 2.75) is 24.5 Å². The second-order valence-corrected chi connectivity index (χ2v) is 7.62. The van der Waals surface area contributed by atoms with E-state index in [1.807, 2.05) is 6.07 Å². The molecule has 0 spiro atoms. The fourth-order valence-electron chi connectivity index (χ4n) is 3.36. The predicted molar refractivity (Wildman–Crippen MR) is 106 cm³/mol. The highest BCUT2D eigenvalue weighted by molar-refractivity contribution is 6.30. The normalized spacial score (nSPS) is 22.3. The van der Waals surface area contributed by atoms with Crippen molar-refractivity contribution < 1.29 is 19.4 Å². The summed E-state index contributed by atoms with van der Waals surface area (Å²) in [4.78, 5) is 14.1. The molecule has 150 valence electrons. The molecule has 5 nitrogen and oxygen atoms in total. The highest BCUT2D eigenvalue weighted by atomic mass is 35.5. The third-order valence-electron chi connectivity index (χ3n) is 5.12. The molecule has 1 amide bonds. The first-order valence-corrected chi connectivity index (χ1v) is 9.66. The molecule has 0 aliphatic carbocycles. The third-order valence-corrected chi connectivity index (χ3v) is 5.37. The van der Waals surface area contributed by atoms with Gasteiger partial charge in [0, 0.05) is 30.2 Å². The average Bonchev–Trinajstić information content (AvgIpc) is 2.68. The number of hydrogen-bond acceptors (Lipinski definition) is 4. The fraction of sp³-hybridized carbons (Fsp3) is 0.381. The molecule has 28 heavy (non-hydrogen) atoms. The van der Waals surface area contributed by atoms with Crippen molar-refractivity contribution in [3.8, 4) is 0 Å². The van der Waals surface area contributed by atoms with Crippen molar-refractivity contribution in [3.05, 3.63) is 70.5 Å². The molecule has 1 aliphatic rings. The molecule has 0 radical (unpaired) electrons. The van der Waals surface area contributed by atoms with Gasteiger partial charge in [0.1, 0.15) is 17.5 Å². The number of carbonyl (C=O) groups excluding carboxylic acids is 1. The molecule has 1 fully saturated rings. The van der Waals surface area contributed by atoms with Gasteiger partial charge < -0.3 is 20.4 Å². The number of piperidine rings is 1. The molecule has 1 heterocycles. The maximum atomic E-state index is 13.2. The van der Waals surface area contributed by atoms with E-state index in [0.29, 0.717) is 30.1 Å². The van der Waals surface area contributed by atoms with E-state index < -0.39 is 11.7 Å². The maximum Gasteiger partial charge on any atom is 0.253 e. The second kappa shape index (κ2) is 9.01. The minimum absolute atomic E-state index is 0.0591. The van der Waals surface area contributed by atoms with E-state index in [1.165, 1.54) is 17.0 Å². The van der Waals surface area contributed by atoms with Gasteiger partial charge >= 0.3 is 0 Å². The first-order chi connectivity index (χ1) is 13.4. The Kier molecular flexibility index (Phi) is 6.67. The quantitative estimate of drug-likeness (QED) is 0.643. The van der Waals surface area contributed by atoms with Crippen LogP contribution in [0.2, 0.25) is 5.02 Å². The van der Waals surface area contributed by atoms with Gasteiger partial charge in [0.2, 0.25) is 0 Å². The van der Waals surface area contributed by atoms with Gasteiger partial charge in [-0.1, -0.05) is 23.7 Å². The van der Waals surface area contributed by atoms with E-state index in [9.17, 15) is 19.4 Å². The molecule has 2 aromatic rings. The van der Waals surface area contributed by atoms with Gasteiger partial charge in [-0.05, 0) is 61.3 Å². The number of carbonyl (C=O) groups is 1. The van der Waals surface area contributed by atoms with Crippen molar-refractivity contribution in [1.82, 2.24) is 10.2 Å². The lowest BCUT2D eigenvalue weighted by Gasteiger charge is -2.42. The summed E-state index contributed by atoms with van der Waals surface area (Å²) in [6.07, 6.45) is -0.176. The van der Waals surface area contributed by atoms with Crippen LogP contribution in [0.25, 0.3) is 0 Å². The Bertz CT molecular complexity index is 818. The summed E-state index contributed by atoms with van der Waals surface area (Å²) in [7, 11) is 0. The maximum absolute atomic E-state index is 13.2. The number of halogens is 2. The molecule has 1 saturated heterocycles. The van der Waals surface area contributed by atoms with E-state index in [1.54, 1.807) is 30.3 Å². The monoisotopic (exact) mass is 406 g/mol. The molecule has 0 bridgehead atoms. The SMILES string of the molecule is O=C(c1ccc(Cl)cc1)N1CC[C@](O)(CNCCc2cccc(F)c2)[C@@H](O)C1. The smallest absolute Gasteiger partial charge is 0.253 e. The van der Waals surface area contributed by atoms with E-state index in [2.05, 4.69) is 5.32 Å². The number of aliphatic hydroxyl groups excluding tert-OH is 1. The number of rotatable bonds is 6. The van der Waals surface area contributed by atoms with Gasteiger partial charge in [-0.3, -0.25) is 4.79 Å². The molecule has 0 unspecified atom stereocenters. The van der Waals surface area contributed by atoms with Gasteiger partial charge in [-0.15, -0.1) is 0 Å². The molecule has 2 aromatic carbocycles. The molecule has 7 heteroatoms. The Morgan fingerprint density at radius 3 is 2.71 bits per heavy atom. The first kappa shape index (κ1) is 20.7. The Morgan fingerprint density at radius 1 is 1.29 bits per heavy atom. The minimum atomic E-state index is -1.31. The van der Waals surface area contributed by atoms with Crippen LogP contribution in [0.3, 0.4) is 0 Å². The summed E-state index contributed by atoms with van der Waals surface area (Å²) in [5.74, 6) is -0.471. The lowest BCUT2D eigenvalue weighted by molar-refractivity contribution is -0.110. The van der Waals surface area contributed by atoms with E-state index in [0.717, 1.165) is 5.56 Å². The molecule has 0 aromatic heterocycles. The van der Waals surface area contributed by atoms with Crippen LogP contribution in [0.4, 0.5) is 4.39 Å². The Hall–Kier alpha value is -1.99. The van der Waals surface area contributed by atoms with Crippen molar-refractivity contribution in [2.24, 2.45) is 0 Å². The number of β-amino-alcohol motifs (C(OH)–C–C–N with tert-alkyl or cyclic N) is 1. The number of aliphatic hydroxyl groups is 2. The number of nitrogens with zero attached hydrogens (tertiary/aromatic N) is 1. The van der Waals surface area contributed by atoms with E-state index >= 15 is 0 Å². The number of amides is 1. The third kappa shape index (κ3) is 5.08. The molecular weight excluding hydrogens is 383 g/mol. The van der Waals surface area contributed by atoms with Crippen LogP contribution in [-0.4, -0.2) is 58.9 Å². The molecule has 3 N–H and O–H groups in total. The Labute approximate surface area is 168 Å². The van der Waals surface area contributed by atoms with Crippen LogP contribution >= 0.6 is 11.6 Å². The number of hydrogen-bond donors (Lipinski definition) is 3. The Morgan fingerprint density at radius 2 is 2.04 bits per heavy atom. The van der Waals surface area contributed by atoms with Gasteiger partial charge in [0.25, 0.3) is 5.91 Å². The molecule has 3 rings (SSSR count). The number of benzene rings is 2. The van der Waals surface area contributed by atoms with Crippen molar-refractivity contribution >= 4 is 17.5 Å². The molecule has 1 aliphatic heterocycles. The zero-order valence-corrected chi connectivity index (χ0v) is 16.2. The van der Waals surface area contributed by atoms with Crippen LogP contribution in [0.15, 0.2) is 48.5 Å². The lowest BCUT2D eigenvalue weighted by atomic mass is 9.88. The van der Waals surface area contributed by atoms with Gasteiger partial charge in [0.05, 0.1) is 0 Å². The van der Waals surface area contributed by atoms with Crippen LogP contribution in [0.1, 0.15) is 22.3 Å². The van der Waals surface area contributed by atoms with Crippen LogP contribution in [0, 0.1) is 5.82 Å². The Balaban J connectivity index is 1.49. The zero-order chi connectivity index (χ0) is 20.1. The molecular formula is C21H24ClFN2O3. The average molecular weight is 407 g/mol. The predicted octanol–water partition coefficient (Wildman–Crippen LogP) is 2.25. The van der Waals surface area contributed by atoms with Crippen molar-refractivity contribution in [1.29, 1.82) is 0 Å². The second-order valence-electron chi connectivity index (χ2n) is 7.18. The number of likely N-dealkylation sites (tertiary alicyclic amines) is 1. The van der Waals surface area contributed by atoms with Crippen molar-refractivity contribution in [3.63, 3.8) is 0 Å². The summed E-state index contributed by atoms with van der Waals surface area (Å²) in [6.45, 7) is 1.16. The summed E-state index contributed by atoms with van der Waals surface area (Å²) < 4.78 is 13.2. The molecule has 0 saturated carbocycles. The topological polar surface area (TPSA) is 72.8 Å². The number of nitrogens with one attached hydrogen (secondary N) is 1. The highest BCUT2D eigenvalue weighted by Gasteiger charge is 2.41. The van der Waals surface area contributed by atoms with E-state index in [4.69, 9.17) is 11.6 Å². The largest absolute Gasteiger partial charge is 0.388 e. The van der Waals surface area contributed by atoms with Gasteiger partial charge in [-0.2, -0.15) is 0 Å². The minimum Gasteiger partial charge on any atom is -0.388 e. The van der Waals surface area contributed by atoms with Crippen LogP contribution in [-0.2, 0) is 6.42 Å². The van der Waals surface area contributed by atoms with Crippen LogP contribution < -0.4 is 5.32 Å². The first-order valence-electron chi connectivity index (χ1n) is 9.28. The highest BCUT2D eigenvalue weighted by Crippen LogP contribution is 2.24. The zero-order valence-electron chi connectivity index (χ0n) is 15.4. The van der Waals surface area contributed by atoms with Crippen LogP contribution in [0.5, 0.6) is 0 Å². The summed E-state index contributed by atoms with van der Waals surface area (Å²) in [5.41, 5.74) is 0.0531. The standard InChI is InChI=1S/C21H24ClFN2O3/c22-17-6-4-16(5-7-17)20(27)25-11-9-21(28,19(26)13-25)14-24-10-8-15-2-1-3-18(23)12-15/h1-7,12,19,24,26,28H,8-11,13-14H2/t19-,21-/m0/s1. The van der Waals surface area contributed by atoms with Gasteiger partial charge in [-0.25, -0.2) is 4.39 Å². The summed E-state index contributed by atoms with van der Waals surface area (Å²) >= 11 is 5.85. The molecule has 2 atom stereocenters. The van der Waals surface area contributed by atoms with Crippen molar-refractivity contribution in [2.75, 3.05) is 26.2 Å². The summed E-state index contributed by atoms with van der Waals surface area (Å²) in [6, 6.07) is 13.0.